The number of aryl methyl sites for hydroxylation is 1. The minimum atomic E-state index is -3.27. The molecule has 0 bridgehead atoms. The van der Waals surface area contributed by atoms with Crippen LogP contribution in [0.4, 0.5) is 4.79 Å². The van der Waals surface area contributed by atoms with Gasteiger partial charge in [-0.15, -0.1) is 0 Å². The molecular weight excluding hydrogens is 330 g/mol. The number of hydrogen-bond acceptors (Lipinski definition) is 4. The predicted octanol–water partition coefficient (Wildman–Crippen LogP) is 0.841. The quantitative estimate of drug-likeness (QED) is 0.818. The molecule has 2 aliphatic heterocycles. The third-order valence-electron chi connectivity index (χ3n) is 4.75. The van der Waals surface area contributed by atoms with Crippen LogP contribution in [-0.4, -0.2) is 54.4 Å². The molecule has 0 saturated carbocycles. The first-order valence-electron chi connectivity index (χ1n) is 7.86. The van der Waals surface area contributed by atoms with E-state index in [0.717, 1.165) is 17.4 Å². The standard InChI is InChI=1S/C16H21N3O4S/c1-12-3-5-13(6-4-12)11-19-14(20)16(17-15(19)21)7-9-18(10-8-16)24(2,22)23/h3-6H,7-11H2,1-2H3,(H,17,21). The molecular formula is C16H21N3O4S. The van der Waals surface area contributed by atoms with E-state index in [2.05, 4.69) is 5.32 Å². The number of rotatable bonds is 3. The van der Waals surface area contributed by atoms with Crippen LogP contribution in [-0.2, 0) is 21.4 Å². The van der Waals surface area contributed by atoms with Gasteiger partial charge in [-0.3, -0.25) is 9.69 Å². The van der Waals surface area contributed by atoms with Crippen molar-refractivity contribution in [3.05, 3.63) is 35.4 Å². The van der Waals surface area contributed by atoms with E-state index in [-0.39, 0.29) is 25.5 Å². The summed E-state index contributed by atoms with van der Waals surface area (Å²) in [5.41, 5.74) is 1.03. The van der Waals surface area contributed by atoms with Gasteiger partial charge in [-0.05, 0) is 25.3 Å². The average molecular weight is 351 g/mol. The number of benzene rings is 1. The number of nitrogens with zero attached hydrogens (tertiary/aromatic N) is 2. The second kappa shape index (κ2) is 5.86. The van der Waals surface area contributed by atoms with Crippen LogP contribution in [0.25, 0.3) is 0 Å². The van der Waals surface area contributed by atoms with E-state index in [9.17, 15) is 18.0 Å². The monoisotopic (exact) mass is 351 g/mol. The van der Waals surface area contributed by atoms with Gasteiger partial charge in [0.15, 0.2) is 0 Å². The number of hydrogen-bond donors (Lipinski definition) is 1. The summed E-state index contributed by atoms with van der Waals surface area (Å²) in [4.78, 5) is 26.3. The fraction of sp³-hybridized carbons (Fsp3) is 0.500. The van der Waals surface area contributed by atoms with E-state index in [4.69, 9.17) is 0 Å². The first-order valence-corrected chi connectivity index (χ1v) is 9.71. The van der Waals surface area contributed by atoms with E-state index < -0.39 is 21.6 Å². The molecule has 1 aromatic carbocycles. The smallest absolute Gasteiger partial charge is 0.323 e. The summed E-state index contributed by atoms with van der Waals surface area (Å²) in [6.45, 7) is 2.68. The lowest BCUT2D eigenvalue weighted by Gasteiger charge is -2.35. The third-order valence-corrected chi connectivity index (χ3v) is 6.06. The average Bonchev–Trinajstić information content (AvgIpc) is 2.73. The Balaban J connectivity index is 1.74. The lowest BCUT2D eigenvalue weighted by atomic mass is 9.88. The van der Waals surface area contributed by atoms with Crippen molar-refractivity contribution in [2.75, 3.05) is 19.3 Å². The second-order valence-corrected chi connectivity index (χ2v) is 8.53. The molecule has 2 heterocycles. The van der Waals surface area contributed by atoms with Crippen molar-refractivity contribution in [1.29, 1.82) is 0 Å². The Labute approximate surface area is 141 Å². The molecule has 0 aromatic heterocycles. The number of carbonyl (C=O) groups is 2. The molecule has 3 amide bonds. The third kappa shape index (κ3) is 3.03. The van der Waals surface area contributed by atoms with Gasteiger partial charge in [0.25, 0.3) is 5.91 Å². The molecule has 0 aliphatic carbocycles. The van der Waals surface area contributed by atoms with Gasteiger partial charge in [0, 0.05) is 13.1 Å². The van der Waals surface area contributed by atoms with Gasteiger partial charge in [-0.25, -0.2) is 17.5 Å². The van der Waals surface area contributed by atoms with Gasteiger partial charge in [0.1, 0.15) is 5.54 Å². The molecule has 2 fully saturated rings. The van der Waals surface area contributed by atoms with Crippen molar-refractivity contribution in [3.63, 3.8) is 0 Å². The van der Waals surface area contributed by atoms with Gasteiger partial charge in [0.2, 0.25) is 10.0 Å². The van der Waals surface area contributed by atoms with E-state index in [1.54, 1.807) is 0 Å². The largest absolute Gasteiger partial charge is 0.325 e. The lowest BCUT2D eigenvalue weighted by molar-refractivity contribution is -0.133. The normalized spacial score (nSPS) is 21.3. The summed E-state index contributed by atoms with van der Waals surface area (Å²) in [5, 5.41) is 2.79. The van der Waals surface area contributed by atoms with Crippen LogP contribution < -0.4 is 5.32 Å². The van der Waals surface area contributed by atoms with Gasteiger partial charge in [-0.1, -0.05) is 29.8 Å². The minimum Gasteiger partial charge on any atom is -0.323 e. The molecule has 2 aliphatic rings. The van der Waals surface area contributed by atoms with Crippen molar-refractivity contribution in [1.82, 2.24) is 14.5 Å². The van der Waals surface area contributed by atoms with Gasteiger partial charge in [-0.2, -0.15) is 0 Å². The van der Waals surface area contributed by atoms with Crippen LogP contribution in [0.3, 0.4) is 0 Å². The number of piperidine rings is 1. The van der Waals surface area contributed by atoms with Gasteiger partial charge in [0.05, 0.1) is 12.8 Å². The Hall–Kier alpha value is -1.93. The van der Waals surface area contributed by atoms with Gasteiger partial charge < -0.3 is 5.32 Å². The van der Waals surface area contributed by atoms with Crippen molar-refractivity contribution in [3.8, 4) is 0 Å². The second-order valence-electron chi connectivity index (χ2n) is 6.55. The van der Waals surface area contributed by atoms with E-state index in [1.165, 1.54) is 9.21 Å². The van der Waals surface area contributed by atoms with E-state index >= 15 is 0 Å². The summed E-state index contributed by atoms with van der Waals surface area (Å²) in [5.74, 6) is -0.263. The van der Waals surface area contributed by atoms with Crippen LogP contribution in [0.15, 0.2) is 24.3 Å². The highest BCUT2D eigenvalue weighted by Gasteiger charge is 2.52. The SMILES string of the molecule is Cc1ccc(CN2C(=O)NC3(CCN(S(C)(=O)=O)CC3)C2=O)cc1. The Morgan fingerprint density at radius 1 is 1.12 bits per heavy atom. The Morgan fingerprint density at radius 2 is 1.71 bits per heavy atom. The van der Waals surface area contributed by atoms with E-state index in [1.807, 2.05) is 31.2 Å². The highest BCUT2D eigenvalue weighted by molar-refractivity contribution is 7.88. The Morgan fingerprint density at radius 3 is 2.25 bits per heavy atom. The fourth-order valence-electron chi connectivity index (χ4n) is 3.23. The fourth-order valence-corrected chi connectivity index (χ4v) is 4.08. The first-order chi connectivity index (χ1) is 11.2. The van der Waals surface area contributed by atoms with Gasteiger partial charge >= 0.3 is 6.03 Å². The number of amides is 3. The molecule has 0 atom stereocenters. The zero-order chi connectivity index (χ0) is 17.5. The topological polar surface area (TPSA) is 86.8 Å². The molecule has 0 radical (unpaired) electrons. The minimum absolute atomic E-state index is 0.225. The van der Waals surface area contributed by atoms with Crippen LogP contribution in [0, 0.1) is 6.92 Å². The van der Waals surface area contributed by atoms with Crippen molar-refractivity contribution in [2.24, 2.45) is 0 Å². The van der Waals surface area contributed by atoms with Crippen LogP contribution in [0.1, 0.15) is 24.0 Å². The van der Waals surface area contributed by atoms with E-state index in [0.29, 0.717) is 12.8 Å². The molecule has 0 unspecified atom stereocenters. The molecule has 1 aromatic rings. The highest BCUT2D eigenvalue weighted by atomic mass is 32.2. The van der Waals surface area contributed by atoms with Crippen molar-refractivity contribution in [2.45, 2.75) is 31.8 Å². The maximum atomic E-state index is 12.8. The lowest BCUT2D eigenvalue weighted by Crippen LogP contribution is -2.55. The van der Waals surface area contributed by atoms with Crippen LogP contribution in [0.2, 0.25) is 0 Å². The molecule has 1 spiro atoms. The Bertz CT molecular complexity index is 765. The summed E-state index contributed by atoms with van der Waals surface area (Å²) >= 11 is 0. The molecule has 3 rings (SSSR count). The molecule has 130 valence electrons. The predicted molar refractivity (Wildman–Crippen MR) is 88.6 cm³/mol. The number of imide groups is 1. The molecule has 1 N–H and O–H groups in total. The molecule has 7 nitrogen and oxygen atoms in total. The summed E-state index contributed by atoms with van der Waals surface area (Å²) in [6, 6.07) is 7.26. The zero-order valence-electron chi connectivity index (χ0n) is 13.8. The Kier molecular flexibility index (Phi) is 4.13. The molecule has 24 heavy (non-hydrogen) atoms. The molecule has 8 heteroatoms. The maximum Gasteiger partial charge on any atom is 0.325 e. The van der Waals surface area contributed by atoms with Crippen molar-refractivity contribution < 1.29 is 18.0 Å². The number of urea groups is 1. The summed E-state index contributed by atoms with van der Waals surface area (Å²) < 4.78 is 24.6. The number of nitrogens with one attached hydrogen (secondary N) is 1. The first kappa shape index (κ1) is 16.9. The van der Waals surface area contributed by atoms with Crippen LogP contribution in [0.5, 0.6) is 0 Å². The van der Waals surface area contributed by atoms with Crippen LogP contribution >= 0.6 is 0 Å². The van der Waals surface area contributed by atoms with Crippen molar-refractivity contribution >= 4 is 22.0 Å². The summed E-state index contributed by atoms with van der Waals surface area (Å²) in [6.07, 6.45) is 1.76. The maximum absolute atomic E-state index is 12.8. The molecule has 2 saturated heterocycles. The zero-order valence-corrected chi connectivity index (χ0v) is 14.6. The number of carbonyl (C=O) groups excluding carboxylic acids is 2. The summed E-state index contributed by atoms with van der Waals surface area (Å²) in [7, 11) is -3.27. The number of sulfonamides is 1. The highest BCUT2D eigenvalue weighted by Crippen LogP contribution is 2.31.